The second-order valence-corrected chi connectivity index (χ2v) is 10.4. The molecular weight excluding hydrogens is 468 g/mol. The van der Waals surface area contributed by atoms with Crippen LogP contribution in [-0.2, 0) is 17.9 Å². The molecule has 0 saturated carbocycles. The second kappa shape index (κ2) is 12.3. The van der Waals surface area contributed by atoms with Gasteiger partial charge in [0, 0.05) is 18.1 Å². The number of hydrogen-bond donors (Lipinski definition) is 1. The number of carbonyl (C=O) groups excluding carboxylic acids is 1. The number of carbonyl (C=O) groups is 1. The Morgan fingerprint density at radius 1 is 1.03 bits per heavy atom. The third-order valence-electron chi connectivity index (χ3n) is 5.25. The van der Waals surface area contributed by atoms with Crippen molar-refractivity contribution in [1.29, 1.82) is 0 Å². The molecule has 0 radical (unpaired) electrons. The van der Waals surface area contributed by atoms with E-state index in [4.69, 9.17) is 16.3 Å². The summed E-state index contributed by atoms with van der Waals surface area (Å²) in [5, 5.41) is 13.1. The Labute approximate surface area is 211 Å². The van der Waals surface area contributed by atoms with Gasteiger partial charge < -0.3 is 14.6 Å². The van der Waals surface area contributed by atoms with Crippen LogP contribution in [0.3, 0.4) is 0 Å². The SMILES string of the molecule is CC(C)Cn1c(SCC(=O)NCc2ccc(Cl)cc2)nnc1C(C)Oc1ccc(C(C)C)cc1. The Kier molecular flexibility index (Phi) is 9.42. The van der Waals surface area contributed by atoms with Gasteiger partial charge in [0.05, 0.1) is 5.75 Å². The van der Waals surface area contributed by atoms with Gasteiger partial charge >= 0.3 is 0 Å². The van der Waals surface area contributed by atoms with Crippen LogP contribution in [-0.4, -0.2) is 26.4 Å². The summed E-state index contributed by atoms with van der Waals surface area (Å²) in [4.78, 5) is 12.4. The van der Waals surface area contributed by atoms with Crippen LogP contribution >= 0.6 is 23.4 Å². The maximum atomic E-state index is 12.4. The molecule has 0 fully saturated rings. The largest absolute Gasteiger partial charge is 0.483 e. The van der Waals surface area contributed by atoms with Crippen LogP contribution in [0.15, 0.2) is 53.7 Å². The van der Waals surface area contributed by atoms with Gasteiger partial charge in [0.2, 0.25) is 5.91 Å². The van der Waals surface area contributed by atoms with Crippen molar-refractivity contribution in [2.45, 2.75) is 64.9 Å². The van der Waals surface area contributed by atoms with E-state index in [1.807, 2.05) is 43.3 Å². The molecule has 34 heavy (non-hydrogen) atoms. The third-order valence-corrected chi connectivity index (χ3v) is 6.47. The highest BCUT2D eigenvalue weighted by molar-refractivity contribution is 7.99. The van der Waals surface area contributed by atoms with Crippen molar-refractivity contribution in [2.24, 2.45) is 5.92 Å². The van der Waals surface area contributed by atoms with Gasteiger partial charge in [-0.25, -0.2) is 0 Å². The molecule has 1 heterocycles. The van der Waals surface area contributed by atoms with Gasteiger partial charge in [-0.15, -0.1) is 10.2 Å². The van der Waals surface area contributed by atoms with Crippen molar-refractivity contribution in [2.75, 3.05) is 5.75 Å². The number of thioether (sulfide) groups is 1. The van der Waals surface area contributed by atoms with Crippen molar-refractivity contribution in [3.05, 3.63) is 70.5 Å². The summed E-state index contributed by atoms with van der Waals surface area (Å²) in [5.41, 5.74) is 2.27. The summed E-state index contributed by atoms with van der Waals surface area (Å²) in [5.74, 6) is 2.62. The highest BCUT2D eigenvalue weighted by Gasteiger charge is 2.21. The molecule has 0 aliphatic carbocycles. The number of nitrogens with zero attached hydrogens (tertiary/aromatic N) is 3. The van der Waals surface area contributed by atoms with E-state index >= 15 is 0 Å². The molecule has 182 valence electrons. The molecule has 1 aromatic heterocycles. The number of hydrogen-bond acceptors (Lipinski definition) is 5. The normalized spacial score (nSPS) is 12.2. The molecule has 1 unspecified atom stereocenters. The molecule has 0 aliphatic heterocycles. The molecular formula is C26H33ClN4O2S. The molecule has 0 saturated heterocycles. The number of aromatic nitrogens is 3. The zero-order valence-electron chi connectivity index (χ0n) is 20.4. The van der Waals surface area contributed by atoms with E-state index in [0.717, 1.165) is 28.8 Å². The van der Waals surface area contributed by atoms with Crippen LogP contribution in [0.4, 0.5) is 0 Å². The number of ether oxygens (including phenoxy) is 1. The molecule has 0 aliphatic rings. The lowest BCUT2D eigenvalue weighted by Crippen LogP contribution is -2.24. The molecule has 8 heteroatoms. The Morgan fingerprint density at radius 2 is 1.71 bits per heavy atom. The summed E-state index contributed by atoms with van der Waals surface area (Å²) < 4.78 is 8.24. The topological polar surface area (TPSA) is 69.0 Å². The predicted octanol–water partition coefficient (Wildman–Crippen LogP) is 6.26. The first-order valence-electron chi connectivity index (χ1n) is 11.6. The minimum Gasteiger partial charge on any atom is -0.483 e. The zero-order valence-corrected chi connectivity index (χ0v) is 22.0. The molecule has 3 aromatic rings. The average molecular weight is 501 g/mol. The molecule has 6 nitrogen and oxygen atoms in total. The number of halogens is 1. The van der Waals surface area contributed by atoms with Gasteiger partial charge in [-0.05, 0) is 54.2 Å². The first-order chi connectivity index (χ1) is 16.2. The van der Waals surface area contributed by atoms with Crippen LogP contribution in [0, 0.1) is 5.92 Å². The summed E-state index contributed by atoms with van der Waals surface area (Å²) in [6.45, 7) is 11.8. The molecule has 0 spiro atoms. The fraction of sp³-hybridized carbons (Fsp3) is 0.423. The standard InChI is InChI=1S/C26H33ClN4O2S/c1-17(2)15-31-25(19(5)33-23-12-8-21(9-13-23)18(3)4)29-30-26(31)34-16-24(32)28-14-20-6-10-22(27)11-7-20/h6-13,17-19H,14-16H2,1-5H3,(H,28,32). The molecule has 0 bridgehead atoms. The summed E-state index contributed by atoms with van der Waals surface area (Å²) in [6.07, 6.45) is -0.274. The first kappa shape index (κ1) is 26.1. The Hall–Kier alpha value is -2.51. The van der Waals surface area contributed by atoms with Gasteiger partial charge in [-0.3, -0.25) is 4.79 Å². The number of nitrogens with one attached hydrogen (secondary N) is 1. The third kappa shape index (κ3) is 7.50. The fourth-order valence-electron chi connectivity index (χ4n) is 3.42. The molecule has 1 atom stereocenters. The van der Waals surface area contributed by atoms with Crippen LogP contribution in [0.25, 0.3) is 0 Å². The Balaban J connectivity index is 1.63. The van der Waals surface area contributed by atoms with Gasteiger partial charge in [0.15, 0.2) is 17.1 Å². The van der Waals surface area contributed by atoms with Gasteiger partial charge in [-0.2, -0.15) is 0 Å². The highest BCUT2D eigenvalue weighted by atomic mass is 35.5. The fourth-order valence-corrected chi connectivity index (χ4v) is 4.33. The lowest BCUT2D eigenvalue weighted by atomic mass is 10.0. The van der Waals surface area contributed by atoms with Crippen molar-refractivity contribution < 1.29 is 9.53 Å². The predicted molar refractivity (Wildman–Crippen MR) is 138 cm³/mol. The Morgan fingerprint density at radius 3 is 2.32 bits per heavy atom. The maximum Gasteiger partial charge on any atom is 0.230 e. The van der Waals surface area contributed by atoms with E-state index in [-0.39, 0.29) is 17.8 Å². The quantitative estimate of drug-likeness (QED) is 0.315. The number of benzene rings is 2. The maximum absolute atomic E-state index is 12.4. The second-order valence-electron chi connectivity index (χ2n) is 9.02. The molecule has 1 amide bonds. The lowest BCUT2D eigenvalue weighted by molar-refractivity contribution is -0.118. The van der Waals surface area contributed by atoms with E-state index in [9.17, 15) is 4.79 Å². The van der Waals surface area contributed by atoms with Crippen LogP contribution in [0.1, 0.15) is 63.6 Å². The van der Waals surface area contributed by atoms with Gasteiger partial charge in [0.25, 0.3) is 0 Å². The van der Waals surface area contributed by atoms with Crippen molar-refractivity contribution in [3.63, 3.8) is 0 Å². The van der Waals surface area contributed by atoms with Crippen molar-refractivity contribution in [1.82, 2.24) is 20.1 Å². The number of amides is 1. The van der Waals surface area contributed by atoms with Crippen LogP contribution in [0.2, 0.25) is 5.02 Å². The molecule has 3 rings (SSSR count). The molecule has 2 aromatic carbocycles. The van der Waals surface area contributed by atoms with Crippen LogP contribution < -0.4 is 10.1 Å². The van der Waals surface area contributed by atoms with Crippen LogP contribution in [0.5, 0.6) is 5.75 Å². The number of rotatable bonds is 11. The van der Waals surface area contributed by atoms with Crippen molar-refractivity contribution >= 4 is 29.3 Å². The molecule has 1 N–H and O–H groups in total. The Bertz CT molecular complexity index is 1070. The van der Waals surface area contributed by atoms with E-state index in [0.29, 0.717) is 23.4 Å². The average Bonchev–Trinajstić information content (AvgIpc) is 3.19. The first-order valence-corrected chi connectivity index (χ1v) is 12.9. The summed E-state index contributed by atoms with van der Waals surface area (Å²) in [6, 6.07) is 15.6. The smallest absolute Gasteiger partial charge is 0.230 e. The monoisotopic (exact) mass is 500 g/mol. The summed E-state index contributed by atoms with van der Waals surface area (Å²) in [7, 11) is 0. The minimum absolute atomic E-state index is 0.0601. The minimum atomic E-state index is -0.274. The van der Waals surface area contributed by atoms with Crippen molar-refractivity contribution in [3.8, 4) is 5.75 Å². The van der Waals surface area contributed by atoms with Gasteiger partial charge in [0.1, 0.15) is 5.75 Å². The lowest BCUT2D eigenvalue weighted by Gasteiger charge is -2.18. The van der Waals surface area contributed by atoms with E-state index in [1.165, 1.54) is 17.3 Å². The van der Waals surface area contributed by atoms with Gasteiger partial charge in [-0.1, -0.05) is 75.3 Å². The van der Waals surface area contributed by atoms with E-state index in [2.05, 4.69) is 59.9 Å². The summed E-state index contributed by atoms with van der Waals surface area (Å²) >= 11 is 7.30. The van der Waals surface area contributed by atoms with E-state index < -0.39 is 0 Å². The van der Waals surface area contributed by atoms with E-state index in [1.54, 1.807) is 0 Å². The highest BCUT2D eigenvalue weighted by Crippen LogP contribution is 2.26. The zero-order chi connectivity index (χ0) is 24.7.